The molecule has 1 atom stereocenters. The summed E-state index contributed by atoms with van der Waals surface area (Å²) in [6, 6.07) is 14.6. The Morgan fingerprint density at radius 2 is 1.74 bits per heavy atom. The van der Waals surface area contributed by atoms with Crippen molar-refractivity contribution in [3.05, 3.63) is 78.1 Å². The first-order valence-corrected chi connectivity index (χ1v) is 12.4. The van der Waals surface area contributed by atoms with E-state index in [1.54, 1.807) is 47.0 Å². The normalized spacial score (nSPS) is 16.6. The summed E-state index contributed by atoms with van der Waals surface area (Å²) < 4.78 is 38.9. The Morgan fingerprint density at radius 3 is 2.35 bits per heavy atom. The van der Waals surface area contributed by atoms with E-state index in [0.717, 1.165) is 24.8 Å². The first-order chi connectivity index (χ1) is 16.4. The minimum absolute atomic E-state index is 0.185. The van der Waals surface area contributed by atoms with Crippen LogP contribution in [0.3, 0.4) is 0 Å². The summed E-state index contributed by atoms with van der Waals surface area (Å²) in [6.07, 6.45) is 5.94. The molecule has 1 aromatic heterocycles. The molecule has 1 saturated heterocycles. The third-order valence-electron chi connectivity index (χ3n) is 5.86. The number of hydrogen-bond acceptors (Lipinski definition) is 6. The van der Waals surface area contributed by atoms with Crippen LogP contribution in [0.5, 0.6) is 11.5 Å². The highest BCUT2D eigenvalue weighted by Gasteiger charge is 2.34. The van der Waals surface area contributed by atoms with Gasteiger partial charge in [-0.25, -0.2) is 8.42 Å². The number of amides is 1. The number of benzene rings is 2. The Hall–Kier alpha value is -3.43. The molecule has 2 heterocycles. The molecule has 34 heavy (non-hydrogen) atoms. The second kappa shape index (κ2) is 10.2. The maximum absolute atomic E-state index is 13.5. The number of carbonyl (C=O) groups excluding carboxylic acids is 1. The third-order valence-corrected chi connectivity index (χ3v) is 7.78. The Morgan fingerprint density at radius 1 is 1.03 bits per heavy atom. The van der Waals surface area contributed by atoms with Crippen LogP contribution < -0.4 is 14.8 Å². The van der Waals surface area contributed by atoms with Gasteiger partial charge < -0.3 is 14.8 Å². The predicted molar refractivity (Wildman–Crippen MR) is 129 cm³/mol. The van der Waals surface area contributed by atoms with Gasteiger partial charge in [0, 0.05) is 36.3 Å². The average Bonchev–Trinajstić information content (AvgIpc) is 2.89. The van der Waals surface area contributed by atoms with Crippen LogP contribution in [-0.4, -0.2) is 44.4 Å². The molecule has 1 amide bonds. The van der Waals surface area contributed by atoms with Crippen molar-refractivity contribution in [2.75, 3.05) is 26.1 Å². The molecule has 1 N–H and O–H groups in total. The molecule has 1 aliphatic rings. The van der Waals surface area contributed by atoms with Gasteiger partial charge in [0.25, 0.3) is 5.91 Å². The van der Waals surface area contributed by atoms with Crippen molar-refractivity contribution in [3.8, 4) is 11.5 Å². The smallest absolute Gasteiger partial charge is 0.255 e. The molecule has 178 valence electrons. The summed E-state index contributed by atoms with van der Waals surface area (Å²) >= 11 is 0. The monoisotopic (exact) mass is 481 g/mol. The second-order valence-electron chi connectivity index (χ2n) is 7.99. The molecule has 8 nitrogen and oxygen atoms in total. The van der Waals surface area contributed by atoms with Crippen molar-refractivity contribution in [1.29, 1.82) is 0 Å². The Balaban J connectivity index is 1.53. The molecule has 9 heteroatoms. The molecule has 0 spiro atoms. The van der Waals surface area contributed by atoms with Crippen LogP contribution in [0.15, 0.2) is 71.9 Å². The highest BCUT2D eigenvalue weighted by molar-refractivity contribution is 7.89. The minimum Gasteiger partial charge on any atom is -0.497 e. The van der Waals surface area contributed by atoms with Gasteiger partial charge in [0.2, 0.25) is 10.0 Å². The zero-order chi connectivity index (χ0) is 24.1. The first-order valence-electron chi connectivity index (χ1n) is 11.0. The molecule has 0 unspecified atom stereocenters. The SMILES string of the molecule is COc1cc(OC)cc(C(=O)Nc2ccc(S(=O)(=O)N3CCCC[C@@H]3c3cccnc3)cc2)c1. The number of anilines is 1. The molecule has 0 saturated carbocycles. The molecule has 0 aliphatic carbocycles. The fourth-order valence-electron chi connectivity index (χ4n) is 4.09. The molecule has 0 bridgehead atoms. The summed E-state index contributed by atoms with van der Waals surface area (Å²) in [5.41, 5.74) is 1.73. The van der Waals surface area contributed by atoms with E-state index in [4.69, 9.17) is 9.47 Å². The maximum Gasteiger partial charge on any atom is 0.255 e. The van der Waals surface area contributed by atoms with Crippen molar-refractivity contribution in [2.24, 2.45) is 0 Å². The van der Waals surface area contributed by atoms with E-state index in [0.29, 0.717) is 29.3 Å². The Kier molecular flexibility index (Phi) is 7.14. The molecule has 3 aromatic rings. The fourth-order valence-corrected chi connectivity index (χ4v) is 5.77. The van der Waals surface area contributed by atoms with Gasteiger partial charge in [-0.1, -0.05) is 12.5 Å². The zero-order valence-corrected chi connectivity index (χ0v) is 19.9. The van der Waals surface area contributed by atoms with Crippen LogP contribution in [0.2, 0.25) is 0 Å². The fraction of sp³-hybridized carbons (Fsp3) is 0.280. The quantitative estimate of drug-likeness (QED) is 0.541. The van der Waals surface area contributed by atoms with E-state index in [1.807, 2.05) is 12.1 Å². The van der Waals surface area contributed by atoms with Gasteiger partial charge in [0.1, 0.15) is 11.5 Å². The highest BCUT2D eigenvalue weighted by atomic mass is 32.2. The summed E-state index contributed by atoms with van der Waals surface area (Å²) in [6.45, 7) is 0.456. The number of nitrogens with one attached hydrogen (secondary N) is 1. The number of nitrogens with zero attached hydrogens (tertiary/aromatic N) is 2. The van der Waals surface area contributed by atoms with Gasteiger partial charge in [0.05, 0.1) is 25.2 Å². The number of rotatable bonds is 7. The average molecular weight is 482 g/mol. The van der Waals surface area contributed by atoms with Gasteiger partial charge in [-0.2, -0.15) is 4.31 Å². The number of piperidine rings is 1. The van der Waals surface area contributed by atoms with Crippen molar-refractivity contribution >= 4 is 21.6 Å². The van der Waals surface area contributed by atoms with E-state index in [1.165, 1.54) is 26.4 Å². The van der Waals surface area contributed by atoms with Crippen molar-refractivity contribution in [2.45, 2.75) is 30.2 Å². The van der Waals surface area contributed by atoms with E-state index in [9.17, 15) is 13.2 Å². The van der Waals surface area contributed by atoms with Crippen LogP contribution in [0.1, 0.15) is 41.2 Å². The molecule has 4 rings (SSSR count). The molecular weight excluding hydrogens is 454 g/mol. The van der Waals surface area contributed by atoms with Crippen molar-refractivity contribution in [3.63, 3.8) is 0 Å². The third kappa shape index (κ3) is 5.05. The topological polar surface area (TPSA) is 97.8 Å². The Labute approximate surface area is 199 Å². The lowest BCUT2D eigenvalue weighted by Crippen LogP contribution is -2.38. The van der Waals surface area contributed by atoms with E-state index in [-0.39, 0.29) is 16.8 Å². The number of carbonyl (C=O) groups is 1. The number of pyridine rings is 1. The molecular formula is C25H27N3O5S. The van der Waals surface area contributed by atoms with Crippen LogP contribution in [0.4, 0.5) is 5.69 Å². The summed E-state index contributed by atoms with van der Waals surface area (Å²) in [5.74, 6) is 0.631. The maximum atomic E-state index is 13.5. The zero-order valence-electron chi connectivity index (χ0n) is 19.1. The standard InChI is InChI=1S/C25H27N3O5S/c1-32-21-14-19(15-22(16-21)33-2)25(29)27-20-8-10-23(11-9-20)34(30,31)28-13-4-3-7-24(28)18-6-5-12-26-17-18/h5-6,8-12,14-17,24H,3-4,7,13H2,1-2H3,(H,27,29)/t24-/m1/s1. The van der Waals surface area contributed by atoms with Gasteiger partial charge in [-0.3, -0.25) is 9.78 Å². The Bertz CT molecular complexity index is 1230. The van der Waals surface area contributed by atoms with E-state index >= 15 is 0 Å². The van der Waals surface area contributed by atoms with Crippen LogP contribution >= 0.6 is 0 Å². The van der Waals surface area contributed by atoms with Gasteiger partial charge in [-0.15, -0.1) is 0 Å². The highest BCUT2D eigenvalue weighted by Crippen LogP contribution is 2.35. The summed E-state index contributed by atoms with van der Waals surface area (Å²) in [5, 5.41) is 2.79. The number of ether oxygens (including phenoxy) is 2. The summed E-state index contributed by atoms with van der Waals surface area (Å²) in [7, 11) is -0.693. The lowest BCUT2D eigenvalue weighted by Gasteiger charge is -2.34. The van der Waals surface area contributed by atoms with Crippen LogP contribution in [-0.2, 0) is 10.0 Å². The van der Waals surface area contributed by atoms with Gasteiger partial charge in [-0.05, 0) is 60.9 Å². The number of sulfonamides is 1. The molecule has 1 fully saturated rings. The lowest BCUT2D eigenvalue weighted by molar-refractivity contribution is 0.102. The van der Waals surface area contributed by atoms with Gasteiger partial charge in [0.15, 0.2) is 0 Å². The first kappa shape index (κ1) is 23.7. The predicted octanol–water partition coefficient (Wildman–Crippen LogP) is 4.27. The summed E-state index contributed by atoms with van der Waals surface area (Å²) in [4.78, 5) is 17.1. The number of aromatic nitrogens is 1. The lowest BCUT2D eigenvalue weighted by atomic mass is 9.99. The van der Waals surface area contributed by atoms with Crippen LogP contribution in [0, 0.1) is 0 Å². The van der Waals surface area contributed by atoms with E-state index in [2.05, 4.69) is 10.3 Å². The largest absolute Gasteiger partial charge is 0.497 e. The minimum atomic E-state index is -3.71. The molecule has 1 aliphatic heterocycles. The van der Waals surface area contributed by atoms with Gasteiger partial charge >= 0.3 is 0 Å². The number of hydrogen-bond donors (Lipinski definition) is 1. The van der Waals surface area contributed by atoms with Crippen molar-refractivity contribution < 1.29 is 22.7 Å². The number of methoxy groups -OCH3 is 2. The second-order valence-corrected chi connectivity index (χ2v) is 9.88. The molecule has 2 aromatic carbocycles. The van der Waals surface area contributed by atoms with Crippen molar-refractivity contribution in [1.82, 2.24) is 9.29 Å². The van der Waals surface area contributed by atoms with Crippen LogP contribution in [0.25, 0.3) is 0 Å². The van der Waals surface area contributed by atoms with E-state index < -0.39 is 10.0 Å². The molecule has 0 radical (unpaired) electrons.